The Morgan fingerprint density at radius 2 is 1.59 bits per heavy atom. The maximum Gasteiger partial charge on any atom is 0.123 e. The minimum Gasteiger partial charge on any atom is -0.385 e. The van der Waals surface area contributed by atoms with E-state index in [1.807, 2.05) is 24.3 Å². The summed E-state index contributed by atoms with van der Waals surface area (Å²) in [6.45, 7) is 0.813. The zero-order valence-electron chi connectivity index (χ0n) is 9.29. The quantitative estimate of drug-likeness (QED) is 0.859. The van der Waals surface area contributed by atoms with Crippen molar-refractivity contribution in [2.75, 3.05) is 11.9 Å². The second kappa shape index (κ2) is 5.69. The number of rotatable bonds is 4. The van der Waals surface area contributed by atoms with Gasteiger partial charge in [-0.1, -0.05) is 23.7 Å². The lowest BCUT2D eigenvalue weighted by atomic mass is 10.1. The molecule has 1 N–H and O–H groups in total. The molecule has 0 aliphatic rings. The van der Waals surface area contributed by atoms with Crippen molar-refractivity contribution in [3.63, 3.8) is 0 Å². The number of hydrogen-bond acceptors (Lipinski definition) is 1. The fourth-order valence-corrected chi connectivity index (χ4v) is 1.70. The van der Waals surface area contributed by atoms with E-state index in [0.29, 0.717) is 0 Å². The summed E-state index contributed by atoms with van der Waals surface area (Å²) in [5.74, 6) is -0.215. The van der Waals surface area contributed by atoms with Gasteiger partial charge in [-0.3, -0.25) is 0 Å². The van der Waals surface area contributed by atoms with Gasteiger partial charge in [-0.2, -0.15) is 0 Å². The standard InChI is InChI=1S/C14H13ClFN/c15-12-3-1-11(2-4-12)9-10-17-14-7-5-13(16)6-8-14/h1-8,17H,9-10H2. The van der Waals surface area contributed by atoms with E-state index >= 15 is 0 Å². The molecule has 0 heterocycles. The maximum absolute atomic E-state index is 12.7. The van der Waals surface area contributed by atoms with Gasteiger partial charge in [0.05, 0.1) is 0 Å². The molecular weight excluding hydrogens is 237 g/mol. The molecule has 1 nitrogen and oxygen atoms in total. The van der Waals surface area contributed by atoms with Crippen molar-refractivity contribution in [1.29, 1.82) is 0 Å². The first-order chi connectivity index (χ1) is 8.24. The Labute approximate surface area is 105 Å². The molecule has 0 aromatic heterocycles. The Balaban J connectivity index is 1.83. The third-order valence-corrected chi connectivity index (χ3v) is 2.75. The highest BCUT2D eigenvalue weighted by molar-refractivity contribution is 6.30. The Bertz CT molecular complexity index is 419. The Hall–Kier alpha value is -1.54. The highest BCUT2D eigenvalue weighted by atomic mass is 35.5. The largest absolute Gasteiger partial charge is 0.385 e. The molecule has 0 bridgehead atoms. The van der Waals surface area contributed by atoms with E-state index in [2.05, 4.69) is 5.32 Å². The van der Waals surface area contributed by atoms with Gasteiger partial charge < -0.3 is 5.32 Å². The van der Waals surface area contributed by atoms with E-state index in [1.54, 1.807) is 12.1 Å². The third-order valence-electron chi connectivity index (χ3n) is 2.50. The van der Waals surface area contributed by atoms with Gasteiger partial charge in [0.15, 0.2) is 0 Å². The van der Waals surface area contributed by atoms with Gasteiger partial charge >= 0.3 is 0 Å². The fraction of sp³-hybridized carbons (Fsp3) is 0.143. The molecule has 17 heavy (non-hydrogen) atoms. The number of nitrogens with one attached hydrogen (secondary N) is 1. The normalized spacial score (nSPS) is 10.2. The molecule has 3 heteroatoms. The lowest BCUT2D eigenvalue weighted by Gasteiger charge is -2.06. The molecule has 88 valence electrons. The van der Waals surface area contributed by atoms with Gasteiger partial charge in [0.1, 0.15) is 5.82 Å². The van der Waals surface area contributed by atoms with Crippen LogP contribution in [0.15, 0.2) is 48.5 Å². The zero-order valence-corrected chi connectivity index (χ0v) is 10.0. The van der Waals surface area contributed by atoms with Gasteiger partial charge in [0, 0.05) is 17.3 Å². The van der Waals surface area contributed by atoms with Gasteiger partial charge in [0.25, 0.3) is 0 Å². The van der Waals surface area contributed by atoms with Crippen LogP contribution in [0.1, 0.15) is 5.56 Å². The summed E-state index contributed by atoms with van der Waals surface area (Å²) in [5.41, 5.74) is 2.16. The molecule has 0 aliphatic heterocycles. The van der Waals surface area contributed by atoms with Crippen LogP contribution >= 0.6 is 11.6 Å². The first-order valence-corrected chi connectivity index (χ1v) is 5.86. The van der Waals surface area contributed by atoms with Gasteiger partial charge in [0.2, 0.25) is 0 Å². The maximum atomic E-state index is 12.7. The van der Waals surface area contributed by atoms with Crippen molar-refractivity contribution in [1.82, 2.24) is 0 Å². The van der Waals surface area contributed by atoms with Crippen molar-refractivity contribution < 1.29 is 4.39 Å². The molecule has 0 saturated heterocycles. The molecule has 2 aromatic rings. The van der Waals surface area contributed by atoms with Crippen LogP contribution in [0.2, 0.25) is 5.02 Å². The van der Waals surface area contributed by atoms with Crippen molar-refractivity contribution in [3.05, 3.63) is 64.9 Å². The van der Waals surface area contributed by atoms with E-state index < -0.39 is 0 Å². The minimum atomic E-state index is -0.215. The number of benzene rings is 2. The first kappa shape index (κ1) is 11.9. The topological polar surface area (TPSA) is 12.0 Å². The Kier molecular flexibility index (Phi) is 3.99. The van der Waals surface area contributed by atoms with Crippen molar-refractivity contribution >= 4 is 17.3 Å². The van der Waals surface area contributed by atoms with Crippen LogP contribution in [0.5, 0.6) is 0 Å². The van der Waals surface area contributed by atoms with E-state index in [-0.39, 0.29) is 5.82 Å². The second-order valence-corrected chi connectivity index (χ2v) is 4.25. The average Bonchev–Trinajstić information content (AvgIpc) is 2.34. The Morgan fingerprint density at radius 1 is 0.941 bits per heavy atom. The molecule has 2 aromatic carbocycles. The third kappa shape index (κ3) is 3.75. The number of hydrogen-bond donors (Lipinski definition) is 1. The fourth-order valence-electron chi connectivity index (χ4n) is 1.57. The summed E-state index contributed by atoms with van der Waals surface area (Å²) in [4.78, 5) is 0. The lowest BCUT2D eigenvalue weighted by Crippen LogP contribution is -2.04. The number of halogens is 2. The summed E-state index contributed by atoms with van der Waals surface area (Å²) in [6, 6.07) is 14.1. The van der Waals surface area contributed by atoms with Crippen molar-refractivity contribution in [2.24, 2.45) is 0 Å². The van der Waals surface area contributed by atoms with Crippen LogP contribution in [-0.4, -0.2) is 6.54 Å². The summed E-state index contributed by atoms with van der Waals surface area (Å²) < 4.78 is 12.7. The van der Waals surface area contributed by atoms with Crippen molar-refractivity contribution in [2.45, 2.75) is 6.42 Å². The molecule has 2 rings (SSSR count). The van der Waals surface area contributed by atoms with Crippen LogP contribution in [0, 0.1) is 5.82 Å². The lowest BCUT2D eigenvalue weighted by molar-refractivity contribution is 0.628. The van der Waals surface area contributed by atoms with Crippen LogP contribution in [0.4, 0.5) is 10.1 Å². The molecular formula is C14H13ClFN. The van der Waals surface area contributed by atoms with Gasteiger partial charge in [-0.25, -0.2) is 4.39 Å². The van der Waals surface area contributed by atoms with Crippen molar-refractivity contribution in [3.8, 4) is 0 Å². The smallest absolute Gasteiger partial charge is 0.123 e. The highest BCUT2D eigenvalue weighted by Gasteiger charge is 1.95. The Morgan fingerprint density at radius 3 is 2.24 bits per heavy atom. The van der Waals surface area contributed by atoms with Crippen LogP contribution in [0.25, 0.3) is 0 Å². The first-order valence-electron chi connectivity index (χ1n) is 5.48. The van der Waals surface area contributed by atoms with Gasteiger partial charge in [-0.05, 0) is 48.4 Å². The predicted molar refractivity (Wildman–Crippen MR) is 70.0 cm³/mol. The van der Waals surface area contributed by atoms with E-state index in [0.717, 1.165) is 23.7 Å². The second-order valence-electron chi connectivity index (χ2n) is 3.81. The molecule has 0 spiro atoms. The van der Waals surface area contributed by atoms with Crippen LogP contribution in [0.3, 0.4) is 0 Å². The highest BCUT2D eigenvalue weighted by Crippen LogP contribution is 2.11. The van der Waals surface area contributed by atoms with Gasteiger partial charge in [-0.15, -0.1) is 0 Å². The summed E-state index contributed by atoms with van der Waals surface area (Å²) in [5, 5.41) is 3.99. The van der Waals surface area contributed by atoms with E-state index in [9.17, 15) is 4.39 Å². The molecule has 0 saturated carbocycles. The number of anilines is 1. The summed E-state index contributed by atoms with van der Waals surface area (Å²) >= 11 is 5.81. The average molecular weight is 250 g/mol. The van der Waals surface area contributed by atoms with E-state index in [1.165, 1.54) is 17.7 Å². The molecule has 0 unspecified atom stereocenters. The predicted octanol–water partition coefficient (Wildman–Crippen LogP) is 4.13. The monoisotopic (exact) mass is 249 g/mol. The molecule has 0 fully saturated rings. The summed E-state index contributed by atoms with van der Waals surface area (Å²) in [6.07, 6.45) is 0.911. The molecule has 0 amide bonds. The summed E-state index contributed by atoms with van der Waals surface area (Å²) in [7, 11) is 0. The molecule has 0 aliphatic carbocycles. The zero-order chi connectivity index (χ0) is 12.1. The minimum absolute atomic E-state index is 0.215. The van der Waals surface area contributed by atoms with E-state index in [4.69, 9.17) is 11.6 Å². The molecule has 0 atom stereocenters. The SMILES string of the molecule is Fc1ccc(NCCc2ccc(Cl)cc2)cc1. The van der Waals surface area contributed by atoms with Crippen LogP contribution < -0.4 is 5.32 Å². The van der Waals surface area contributed by atoms with Crippen LogP contribution in [-0.2, 0) is 6.42 Å². The molecule has 0 radical (unpaired) electrons.